The first kappa shape index (κ1) is 9.64. The van der Waals surface area contributed by atoms with Gasteiger partial charge in [0.15, 0.2) is 0 Å². The SMILES string of the molecule is CCO[Si]OCC1CCC2OC2C1. The molecule has 1 aliphatic heterocycles. The molecule has 2 rings (SSSR count). The summed E-state index contributed by atoms with van der Waals surface area (Å²) in [5.41, 5.74) is 0. The van der Waals surface area contributed by atoms with E-state index in [9.17, 15) is 0 Å². The Morgan fingerprint density at radius 1 is 1.31 bits per heavy atom. The lowest BCUT2D eigenvalue weighted by Crippen LogP contribution is -2.20. The summed E-state index contributed by atoms with van der Waals surface area (Å²) in [4.78, 5) is 0. The van der Waals surface area contributed by atoms with Gasteiger partial charge in [0.05, 0.1) is 12.2 Å². The molecular weight excluding hydrogens is 184 g/mol. The van der Waals surface area contributed by atoms with E-state index >= 15 is 0 Å². The molecule has 1 saturated heterocycles. The summed E-state index contributed by atoms with van der Waals surface area (Å²) in [6.07, 6.45) is 4.86. The lowest BCUT2D eigenvalue weighted by molar-refractivity contribution is 0.178. The van der Waals surface area contributed by atoms with Gasteiger partial charge in [0.1, 0.15) is 0 Å². The van der Waals surface area contributed by atoms with Crippen LogP contribution in [0.5, 0.6) is 0 Å². The van der Waals surface area contributed by atoms with Crippen molar-refractivity contribution in [1.29, 1.82) is 0 Å². The Kier molecular flexibility index (Phi) is 3.37. The fraction of sp³-hybridized carbons (Fsp3) is 1.00. The minimum Gasteiger partial charge on any atom is -0.393 e. The fourth-order valence-electron chi connectivity index (χ4n) is 1.89. The second kappa shape index (κ2) is 4.55. The number of epoxide rings is 1. The van der Waals surface area contributed by atoms with Gasteiger partial charge < -0.3 is 13.6 Å². The zero-order chi connectivity index (χ0) is 9.10. The van der Waals surface area contributed by atoms with Crippen molar-refractivity contribution in [2.75, 3.05) is 13.2 Å². The quantitative estimate of drug-likeness (QED) is 0.379. The van der Waals surface area contributed by atoms with Gasteiger partial charge in [-0.2, -0.15) is 0 Å². The molecule has 2 fully saturated rings. The summed E-state index contributed by atoms with van der Waals surface area (Å²) in [6.45, 7) is 3.58. The minimum absolute atomic E-state index is 0.222. The number of fused-ring (bicyclic) bond motifs is 1. The van der Waals surface area contributed by atoms with Crippen LogP contribution in [-0.4, -0.2) is 35.4 Å². The molecule has 3 unspecified atom stereocenters. The van der Waals surface area contributed by atoms with Crippen molar-refractivity contribution in [2.24, 2.45) is 5.92 Å². The predicted octanol–water partition coefficient (Wildman–Crippen LogP) is 1.14. The Balaban J connectivity index is 1.54. The van der Waals surface area contributed by atoms with Gasteiger partial charge in [-0.15, -0.1) is 0 Å². The van der Waals surface area contributed by atoms with Crippen molar-refractivity contribution in [3.8, 4) is 0 Å². The van der Waals surface area contributed by atoms with Gasteiger partial charge in [-0.05, 0) is 32.1 Å². The topological polar surface area (TPSA) is 31.0 Å². The number of rotatable bonds is 5. The van der Waals surface area contributed by atoms with Gasteiger partial charge in [-0.1, -0.05) is 0 Å². The van der Waals surface area contributed by atoms with E-state index in [2.05, 4.69) is 0 Å². The second-order valence-electron chi connectivity index (χ2n) is 3.72. The van der Waals surface area contributed by atoms with E-state index in [4.69, 9.17) is 13.6 Å². The lowest BCUT2D eigenvalue weighted by Gasteiger charge is -2.18. The summed E-state index contributed by atoms with van der Waals surface area (Å²) in [7, 11) is 0.222. The molecule has 0 bridgehead atoms. The summed E-state index contributed by atoms with van der Waals surface area (Å²) in [6, 6.07) is 0. The van der Waals surface area contributed by atoms with E-state index in [1.54, 1.807) is 0 Å². The first-order chi connectivity index (χ1) is 6.40. The van der Waals surface area contributed by atoms with Crippen LogP contribution in [0.4, 0.5) is 0 Å². The molecule has 0 aromatic carbocycles. The van der Waals surface area contributed by atoms with Crippen molar-refractivity contribution in [3.05, 3.63) is 0 Å². The van der Waals surface area contributed by atoms with Crippen molar-refractivity contribution in [2.45, 2.75) is 38.4 Å². The second-order valence-corrected chi connectivity index (χ2v) is 4.46. The third kappa shape index (κ3) is 2.77. The van der Waals surface area contributed by atoms with E-state index < -0.39 is 0 Å². The number of hydrogen-bond acceptors (Lipinski definition) is 3. The van der Waals surface area contributed by atoms with Gasteiger partial charge in [0.2, 0.25) is 0 Å². The molecule has 2 radical (unpaired) electrons. The summed E-state index contributed by atoms with van der Waals surface area (Å²) < 4.78 is 16.0. The molecule has 1 saturated carbocycles. The standard InChI is InChI=1S/C9H16O3Si/c1-2-10-13-11-6-7-3-4-8-9(5-7)12-8/h7-9H,2-6H2,1H3. The van der Waals surface area contributed by atoms with Crippen molar-refractivity contribution in [3.63, 3.8) is 0 Å². The third-order valence-electron chi connectivity index (χ3n) is 2.69. The van der Waals surface area contributed by atoms with Gasteiger partial charge >= 0.3 is 10.0 Å². The third-order valence-corrected chi connectivity index (χ3v) is 3.38. The molecule has 3 atom stereocenters. The molecule has 4 heteroatoms. The molecule has 0 amide bonds. The van der Waals surface area contributed by atoms with E-state index in [1.165, 1.54) is 19.3 Å². The Bertz CT molecular complexity index is 165. The van der Waals surface area contributed by atoms with Crippen LogP contribution in [0.2, 0.25) is 0 Å². The van der Waals surface area contributed by atoms with Crippen LogP contribution in [0.15, 0.2) is 0 Å². The molecule has 13 heavy (non-hydrogen) atoms. The molecule has 0 aromatic rings. The summed E-state index contributed by atoms with van der Waals surface area (Å²) in [5.74, 6) is 0.705. The normalized spacial score (nSPS) is 37.2. The van der Waals surface area contributed by atoms with Crippen LogP contribution in [0, 0.1) is 5.92 Å². The van der Waals surface area contributed by atoms with Crippen LogP contribution in [0.1, 0.15) is 26.2 Å². The molecular formula is C9H16O3Si. The average molecular weight is 200 g/mol. The Hall–Kier alpha value is 0.0969. The highest BCUT2D eigenvalue weighted by Gasteiger charge is 2.43. The molecule has 1 aliphatic carbocycles. The smallest absolute Gasteiger partial charge is 0.393 e. The zero-order valence-electron chi connectivity index (χ0n) is 7.99. The molecule has 1 heterocycles. The Morgan fingerprint density at radius 3 is 3.00 bits per heavy atom. The van der Waals surface area contributed by atoms with Crippen LogP contribution >= 0.6 is 0 Å². The maximum atomic E-state index is 5.45. The highest BCUT2D eigenvalue weighted by molar-refractivity contribution is 6.17. The molecule has 0 N–H and O–H groups in total. The highest BCUT2D eigenvalue weighted by atomic mass is 28.3. The monoisotopic (exact) mass is 200 g/mol. The first-order valence-corrected chi connectivity index (χ1v) is 5.86. The Labute approximate surface area is 81.8 Å². The van der Waals surface area contributed by atoms with Crippen molar-refractivity contribution >= 4 is 10.0 Å². The van der Waals surface area contributed by atoms with Crippen LogP contribution < -0.4 is 0 Å². The highest BCUT2D eigenvalue weighted by Crippen LogP contribution is 2.39. The largest absolute Gasteiger partial charge is 0.433 e. The van der Waals surface area contributed by atoms with Crippen molar-refractivity contribution in [1.82, 2.24) is 0 Å². The molecule has 3 nitrogen and oxygen atoms in total. The predicted molar refractivity (Wildman–Crippen MR) is 49.3 cm³/mol. The van der Waals surface area contributed by atoms with Crippen LogP contribution in [0.25, 0.3) is 0 Å². The molecule has 2 aliphatic rings. The van der Waals surface area contributed by atoms with E-state index in [0.29, 0.717) is 18.1 Å². The maximum absolute atomic E-state index is 5.45. The van der Waals surface area contributed by atoms with E-state index in [0.717, 1.165) is 13.2 Å². The summed E-state index contributed by atoms with van der Waals surface area (Å²) in [5, 5.41) is 0. The fourth-order valence-corrected chi connectivity index (χ4v) is 2.40. The van der Waals surface area contributed by atoms with Crippen LogP contribution in [-0.2, 0) is 13.6 Å². The average Bonchev–Trinajstić information content (AvgIpc) is 2.90. The zero-order valence-corrected chi connectivity index (χ0v) is 8.99. The maximum Gasteiger partial charge on any atom is 0.433 e. The van der Waals surface area contributed by atoms with E-state index in [-0.39, 0.29) is 10.0 Å². The van der Waals surface area contributed by atoms with Crippen molar-refractivity contribution < 1.29 is 13.6 Å². The first-order valence-electron chi connectivity index (χ1n) is 5.04. The van der Waals surface area contributed by atoms with Gasteiger partial charge in [0, 0.05) is 13.2 Å². The van der Waals surface area contributed by atoms with Gasteiger partial charge in [-0.3, -0.25) is 0 Å². The van der Waals surface area contributed by atoms with E-state index in [1.807, 2.05) is 6.92 Å². The van der Waals surface area contributed by atoms with Gasteiger partial charge in [-0.25, -0.2) is 0 Å². The number of hydrogen-bond donors (Lipinski definition) is 0. The number of ether oxygens (including phenoxy) is 1. The molecule has 0 aromatic heterocycles. The van der Waals surface area contributed by atoms with Gasteiger partial charge in [0.25, 0.3) is 0 Å². The Morgan fingerprint density at radius 2 is 2.23 bits per heavy atom. The minimum atomic E-state index is 0.222. The molecule has 74 valence electrons. The summed E-state index contributed by atoms with van der Waals surface area (Å²) >= 11 is 0. The molecule has 0 spiro atoms. The lowest BCUT2D eigenvalue weighted by atomic mass is 9.90. The van der Waals surface area contributed by atoms with Crippen LogP contribution in [0.3, 0.4) is 0 Å².